The van der Waals surface area contributed by atoms with Crippen LogP contribution in [0.2, 0.25) is 0 Å². The van der Waals surface area contributed by atoms with Gasteiger partial charge in [0.05, 0.1) is 13.2 Å². The van der Waals surface area contributed by atoms with Gasteiger partial charge in [0.25, 0.3) is 0 Å². The van der Waals surface area contributed by atoms with Crippen molar-refractivity contribution >= 4 is 11.0 Å². The third-order valence-corrected chi connectivity index (χ3v) is 4.79. The van der Waals surface area contributed by atoms with Gasteiger partial charge in [-0.1, -0.05) is 0 Å². The number of fused-ring (bicyclic) bond motifs is 2. The molecule has 4 heteroatoms. The molecule has 1 aromatic carbocycles. The Kier molecular flexibility index (Phi) is 3.72. The predicted octanol–water partition coefficient (Wildman–Crippen LogP) is 2.50. The molecule has 0 unspecified atom stereocenters. The molecule has 0 amide bonds. The fraction of sp³-hybridized carbons (Fsp3) is 0.500. The van der Waals surface area contributed by atoms with Crippen LogP contribution in [0.1, 0.15) is 29.5 Å². The van der Waals surface area contributed by atoms with E-state index in [1.165, 1.54) is 24.0 Å². The van der Waals surface area contributed by atoms with Crippen LogP contribution >= 0.6 is 0 Å². The third kappa shape index (κ3) is 2.69. The van der Waals surface area contributed by atoms with Gasteiger partial charge in [0.1, 0.15) is 5.58 Å². The molecule has 0 N–H and O–H groups in total. The lowest BCUT2D eigenvalue weighted by atomic mass is 9.90. The molecule has 0 radical (unpaired) electrons. The van der Waals surface area contributed by atoms with E-state index in [0.717, 1.165) is 62.2 Å². The van der Waals surface area contributed by atoms with Crippen LogP contribution < -0.4 is 5.63 Å². The summed E-state index contributed by atoms with van der Waals surface area (Å²) in [5.41, 5.74) is 4.37. The average Bonchev–Trinajstić information content (AvgIpc) is 2.54. The number of benzene rings is 1. The van der Waals surface area contributed by atoms with Gasteiger partial charge in [0, 0.05) is 31.1 Å². The van der Waals surface area contributed by atoms with Crippen LogP contribution in [0, 0.1) is 0 Å². The van der Waals surface area contributed by atoms with Gasteiger partial charge in [-0.05, 0) is 54.5 Å². The Morgan fingerprint density at radius 2 is 1.73 bits per heavy atom. The Hall–Kier alpha value is -1.65. The molecule has 0 atom stereocenters. The monoisotopic (exact) mass is 299 g/mol. The Morgan fingerprint density at radius 1 is 1.00 bits per heavy atom. The van der Waals surface area contributed by atoms with E-state index in [1.807, 2.05) is 0 Å². The molecule has 1 fully saturated rings. The molecule has 0 saturated carbocycles. The van der Waals surface area contributed by atoms with Crippen molar-refractivity contribution in [3.63, 3.8) is 0 Å². The lowest BCUT2D eigenvalue weighted by Crippen LogP contribution is -2.35. The van der Waals surface area contributed by atoms with E-state index in [1.54, 1.807) is 6.07 Å². The normalized spacial score (nSPS) is 19.3. The van der Waals surface area contributed by atoms with Gasteiger partial charge in [-0.25, -0.2) is 4.79 Å². The Bertz CT molecular complexity index is 744. The zero-order valence-corrected chi connectivity index (χ0v) is 12.8. The molecule has 22 heavy (non-hydrogen) atoms. The first-order chi connectivity index (χ1) is 10.8. The largest absolute Gasteiger partial charge is 0.423 e. The van der Waals surface area contributed by atoms with Crippen molar-refractivity contribution in [1.29, 1.82) is 0 Å². The first kappa shape index (κ1) is 14.0. The number of hydrogen-bond donors (Lipinski definition) is 0. The van der Waals surface area contributed by atoms with Gasteiger partial charge >= 0.3 is 5.63 Å². The van der Waals surface area contributed by atoms with Crippen LogP contribution in [0.5, 0.6) is 0 Å². The summed E-state index contributed by atoms with van der Waals surface area (Å²) in [6.45, 7) is 4.19. The standard InChI is InChI=1S/C18H21NO3/c20-18-11-15(12-19-5-7-21-8-6-19)16-9-13-3-1-2-4-14(13)10-17(16)22-18/h9-11H,1-8,12H2. The molecule has 4 rings (SSSR count). The average molecular weight is 299 g/mol. The highest BCUT2D eigenvalue weighted by atomic mass is 16.5. The molecule has 0 spiro atoms. The van der Waals surface area contributed by atoms with E-state index in [9.17, 15) is 4.79 Å². The van der Waals surface area contributed by atoms with Gasteiger partial charge in [-0.2, -0.15) is 0 Å². The van der Waals surface area contributed by atoms with E-state index < -0.39 is 0 Å². The number of ether oxygens (including phenoxy) is 1. The maximum atomic E-state index is 11.9. The van der Waals surface area contributed by atoms with Gasteiger partial charge in [-0.3, -0.25) is 4.90 Å². The summed E-state index contributed by atoms with van der Waals surface area (Å²) in [6, 6.07) is 6.00. The summed E-state index contributed by atoms with van der Waals surface area (Å²) in [4.78, 5) is 14.2. The molecule has 1 aliphatic heterocycles. The summed E-state index contributed by atoms with van der Waals surface area (Å²) < 4.78 is 10.9. The molecule has 1 aliphatic carbocycles. The van der Waals surface area contributed by atoms with Gasteiger partial charge in [0.15, 0.2) is 0 Å². The minimum atomic E-state index is -0.244. The van der Waals surface area contributed by atoms with Crippen LogP contribution in [0.25, 0.3) is 11.0 Å². The molecule has 4 nitrogen and oxygen atoms in total. The van der Waals surface area contributed by atoms with E-state index in [-0.39, 0.29) is 5.63 Å². The minimum Gasteiger partial charge on any atom is -0.423 e. The van der Waals surface area contributed by atoms with Crippen molar-refractivity contribution in [1.82, 2.24) is 4.90 Å². The highest BCUT2D eigenvalue weighted by Gasteiger charge is 2.17. The van der Waals surface area contributed by atoms with E-state index in [2.05, 4.69) is 17.0 Å². The zero-order chi connectivity index (χ0) is 14.9. The summed E-state index contributed by atoms with van der Waals surface area (Å²) >= 11 is 0. The maximum Gasteiger partial charge on any atom is 0.336 e. The number of nitrogens with zero attached hydrogens (tertiary/aromatic N) is 1. The summed E-state index contributed by atoms with van der Waals surface area (Å²) in [5.74, 6) is 0. The molecule has 2 heterocycles. The van der Waals surface area contributed by atoms with E-state index in [0.29, 0.717) is 0 Å². The molecule has 2 aliphatic rings. The topological polar surface area (TPSA) is 42.7 Å². The number of aryl methyl sites for hydroxylation is 2. The second kappa shape index (κ2) is 5.86. The van der Waals surface area contributed by atoms with Crippen molar-refractivity contribution < 1.29 is 9.15 Å². The fourth-order valence-electron chi connectivity index (χ4n) is 3.59. The maximum absolute atomic E-state index is 11.9. The predicted molar refractivity (Wildman–Crippen MR) is 85.2 cm³/mol. The van der Waals surface area contributed by atoms with Crippen molar-refractivity contribution in [3.8, 4) is 0 Å². The third-order valence-electron chi connectivity index (χ3n) is 4.79. The van der Waals surface area contributed by atoms with Crippen LogP contribution in [0.15, 0.2) is 27.4 Å². The first-order valence-electron chi connectivity index (χ1n) is 8.18. The van der Waals surface area contributed by atoms with Gasteiger partial charge in [-0.15, -0.1) is 0 Å². The van der Waals surface area contributed by atoms with Crippen LogP contribution in [0.3, 0.4) is 0 Å². The SMILES string of the molecule is O=c1cc(CN2CCOCC2)c2cc3c(cc2o1)CCCC3. The smallest absolute Gasteiger partial charge is 0.336 e. The molecule has 0 bridgehead atoms. The minimum absolute atomic E-state index is 0.244. The van der Waals surface area contributed by atoms with Crippen molar-refractivity contribution in [3.05, 3.63) is 45.3 Å². The summed E-state index contributed by atoms with van der Waals surface area (Å²) in [7, 11) is 0. The Labute approximate surface area is 129 Å². The summed E-state index contributed by atoms with van der Waals surface area (Å²) in [5, 5.41) is 1.10. The van der Waals surface area contributed by atoms with Crippen molar-refractivity contribution in [2.75, 3.05) is 26.3 Å². The van der Waals surface area contributed by atoms with Crippen LogP contribution in [-0.4, -0.2) is 31.2 Å². The highest BCUT2D eigenvalue weighted by molar-refractivity contribution is 5.82. The van der Waals surface area contributed by atoms with Crippen LogP contribution in [-0.2, 0) is 24.1 Å². The summed E-state index contributed by atoms with van der Waals surface area (Å²) in [6.07, 6.45) is 4.73. The quantitative estimate of drug-likeness (QED) is 0.799. The molecule has 1 saturated heterocycles. The Balaban J connectivity index is 1.77. The van der Waals surface area contributed by atoms with Crippen LogP contribution in [0.4, 0.5) is 0 Å². The van der Waals surface area contributed by atoms with E-state index in [4.69, 9.17) is 9.15 Å². The molecule has 1 aromatic heterocycles. The molecular formula is C18H21NO3. The second-order valence-corrected chi connectivity index (χ2v) is 6.30. The second-order valence-electron chi connectivity index (χ2n) is 6.30. The van der Waals surface area contributed by atoms with Gasteiger partial charge < -0.3 is 9.15 Å². The van der Waals surface area contributed by atoms with Crippen molar-refractivity contribution in [2.24, 2.45) is 0 Å². The lowest BCUT2D eigenvalue weighted by molar-refractivity contribution is 0.0343. The lowest BCUT2D eigenvalue weighted by Gasteiger charge is -2.27. The molecular weight excluding hydrogens is 278 g/mol. The zero-order valence-electron chi connectivity index (χ0n) is 12.8. The molecule has 2 aromatic rings. The number of rotatable bonds is 2. The van der Waals surface area contributed by atoms with Crippen molar-refractivity contribution in [2.45, 2.75) is 32.2 Å². The van der Waals surface area contributed by atoms with E-state index >= 15 is 0 Å². The number of morpholine rings is 1. The van der Waals surface area contributed by atoms with Gasteiger partial charge in [0.2, 0.25) is 0 Å². The Morgan fingerprint density at radius 3 is 2.50 bits per heavy atom. The number of hydrogen-bond acceptors (Lipinski definition) is 4. The highest BCUT2D eigenvalue weighted by Crippen LogP contribution is 2.28. The molecule has 116 valence electrons. The fourth-order valence-corrected chi connectivity index (χ4v) is 3.59. The first-order valence-corrected chi connectivity index (χ1v) is 8.18.